The van der Waals surface area contributed by atoms with E-state index in [2.05, 4.69) is 15.4 Å². The monoisotopic (exact) mass is 334 g/mol. The van der Waals surface area contributed by atoms with Crippen molar-refractivity contribution in [3.63, 3.8) is 0 Å². The highest BCUT2D eigenvalue weighted by Gasteiger charge is 2.25. The standard InChI is InChI=1S/C17H16F2N2O3/c1-2-23-14-9-10(7-8-13(14)24-17(18)19)15-20-12-6-4-3-5-11(12)16(22)21-15/h3-9,15,17,20H,2H2,1H3,(H,21,22)/t15-/m0/s1. The predicted molar refractivity (Wildman–Crippen MR) is 84.5 cm³/mol. The fraction of sp³-hybridized carbons (Fsp3) is 0.235. The minimum absolute atomic E-state index is 0.0434. The highest BCUT2D eigenvalue weighted by atomic mass is 19.3. The van der Waals surface area contributed by atoms with E-state index in [0.29, 0.717) is 23.4 Å². The van der Waals surface area contributed by atoms with Gasteiger partial charge in [0.15, 0.2) is 11.5 Å². The lowest BCUT2D eigenvalue weighted by atomic mass is 10.1. The van der Waals surface area contributed by atoms with E-state index in [4.69, 9.17) is 4.74 Å². The second-order valence-electron chi connectivity index (χ2n) is 5.11. The van der Waals surface area contributed by atoms with E-state index in [0.717, 1.165) is 0 Å². The molecule has 2 aromatic carbocycles. The number of alkyl halides is 2. The molecule has 0 aromatic heterocycles. The quantitative estimate of drug-likeness (QED) is 0.878. The Morgan fingerprint density at radius 1 is 1.12 bits per heavy atom. The van der Waals surface area contributed by atoms with Gasteiger partial charge in [-0.05, 0) is 36.8 Å². The van der Waals surface area contributed by atoms with E-state index in [-0.39, 0.29) is 17.4 Å². The van der Waals surface area contributed by atoms with Gasteiger partial charge >= 0.3 is 6.61 Å². The molecule has 24 heavy (non-hydrogen) atoms. The van der Waals surface area contributed by atoms with E-state index in [9.17, 15) is 13.6 Å². The van der Waals surface area contributed by atoms with Gasteiger partial charge in [0, 0.05) is 5.69 Å². The molecular weight excluding hydrogens is 318 g/mol. The largest absolute Gasteiger partial charge is 0.490 e. The molecule has 0 saturated carbocycles. The Hall–Kier alpha value is -2.83. The van der Waals surface area contributed by atoms with Crippen LogP contribution in [-0.4, -0.2) is 19.1 Å². The van der Waals surface area contributed by atoms with Gasteiger partial charge in [-0.15, -0.1) is 0 Å². The van der Waals surface area contributed by atoms with Gasteiger partial charge in [0.1, 0.15) is 6.17 Å². The molecule has 1 heterocycles. The summed E-state index contributed by atoms with van der Waals surface area (Å²) in [6.07, 6.45) is -0.493. The Morgan fingerprint density at radius 3 is 2.67 bits per heavy atom. The molecule has 0 saturated heterocycles. The maximum atomic E-state index is 12.5. The molecule has 7 heteroatoms. The van der Waals surface area contributed by atoms with Crippen LogP contribution in [0.2, 0.25) is 0 Å². The minimum atomic E-state index is -2.94. The molecule has 2 aromatic rings. The zero-order chi connectivity index (χ0) is 17.1. The second-order valence-corrected chi connectivity index (χ2v) is 5.11. The van der Waals surface area contributed by atoms with Gasteiger partial charge in [-0.25, -0.2) is 0 Å². The number of nitrogens with one attached hydrogen (secondary N) is 2. The Morgan fingerprint density at radius 2 is 1.92 bits per heavy atom. The third kappa shape index (κ3) is 3.24. The highest BCUT2D eigenvalue weighted by Crippen LogP contribution is 2.33. The topological polar surface area (TPSA) is 59.6 Å². The lowest BCUT2D eigenvalue weighted by molar-refractivity contribution is -0.0514. The summed E-state index contributed by atoms with van der Waals surface area (Å²) in [5.41, 5.74) is 1.93. The van der Waals surface area contributed by atoms with Gasteiger partial charge in [-0.2, -0.15) is 8.78 Å². The number of hydrogen-bond donors (Lipinski definition) is 2. The van der Waals surface area contributed by atoms with Gasteiger partial charge in [0.25, 0.3) is 5.91 Å². The zero-order valence-corrected chi connectivity index (χ0v) is 12.9. The molecule has 0 spiro atoms. The van der Waals surface area contributed by atoms with Crippen molar-refractivity contribution in [3.8, 4) is 11.5 Å². The third-order valence-electron chi connectivity index (χ3n) is 3.56. The molecule has 0 radical (unpaired) electrons. The van der Waals surface area contributed by atoms with Crippen molar-refractivity contribution in [1.29, 1.82) is 0 Å². The molecule has 1 atom stereocenters. The summed E-state index contributed by atoms with van der Waals surface area (Å²) in [4.78, 5) is 12.2. The smallest absolute Gasteiger partial charge is 0.387 e. The number of amides is 1. The molecule has 1 aliphatic rings. The molecule has 1 aliphatic heterocycles. The number of hydrogen-bond acceptors (Lipinski definition) is 4. The Kier molecular flexibility index (Phi) is 4.50. The molecule has 1 amide bonds. The number of halogens is 2. The normalized spacial score (nSPS) is 16.2. The molecular formula is C17H16F2N2O3. The number of carbonyl (C=O) groups is 1. The number of ether oxygens (including phenoxy) is 2. The summed E-state index contributed by atoms with van der Waals surface area (Å²) >= 11 is 0. The SMILES string of the molecule is CCOc1cc([C@@H]2NC(=O)c3ccccc3N2)ccc1OC(F)F. The number of para-hydroxylation sites is 1. The van der Waals surface area contributed by atoms with Crippen LogP contribution in [0.4, 0.5) is 14.5 Å². The fourth-order valence-electron chi connectivity index (χ4n) is 2.54. The van der Waals surface area contributed by atoms with Crippen LogP contribution in [0, 0.1) is 0 Å². The van der Waals surface area contributed by atoms with E-state index in [1.165, 1.54) is 6.07 Å². The summed E-state index contributed by atoms with van der Waals surface area (Å²) < 4.78 is 34.7. The van der Waals surface area contributed by atoms with E-state index in [1.807, 2.05) is 6.07 Å². The van der Waals surface area contributed by atoms with E-state index < -0.39 is 12.8 Å². The molecule has 3 rings (SSSR count). The lowest BCUT2D eigenvalue weighted by Gasteiger charge is -2.28. The van der Waals surface area contributed by atoms with Crippen molar-refractivity contribution in [1.82, 2.24) is 5.32 Å². The van der Waals surface area contributed by atoms with Crippen LogP contribution in [0.1, 0.15) is 29.0 Å². The van der Waals surface area contributed by atoms with Crippen molar-refractivity contribution in [2.24, 2.45) is 0 Å². The van der Waals surface area contributed by atoms with Crippen molar-refractivity contribution >= 4 is 11.6 Å². The minimum Gasteiger partial charge on any atom is -0.490 e. The number of rotatable bonds is 5. The van der Waals surface area contributed by atoms with Crippen LogP contribution >= 0.6 is 0 Å². The van der Waals surface area contributed by atoms with Crippen molar-refractivity contribution in [3.05, 3.63) is 53.6 Å². The summed E-state index contributed by atoms with van der Waals surface area (Å²) in [7, 11) is 0. The van der Waals surface area contributed by atoms with Gasteiger partial charge in [0.2, 0.25) is 0 Å². The fourth-order valence-corrected chi connectivity index (χ4v) is 2.54. The highest BCUT2D eigenvalue weighted by molar-refractivity contribution is 6.01. The Balaban J connectivity index is 1.90. The van der Waals surface area contributed by atoms with Crippen molar-refractivity contribution in [2.75, 3.05) is 11.9 Å². The number of anilines is 1. The first-order chi connectivity index (χ1) is 11.6. The maximum absolute atomic E-state index is 12.5. The number of benzene rings is 2. The molecule has 5 nitrogen and oxygen atoms in total. The summed E-state index contributed by atoms with van der Waals surface area (Å²) in [5.74, 6) is -0.0523. The molecule has 0 aliphatic carbocycles. The van der Waals surface area contributed by atoms with E-state index >= 15 is 0 Å². The first-order valence-electron chi connectivity index (χ1n) is 7.46. The summed E-state index contributed by atoms with van der Waals surface area (Å²) in [6, 6.07) is 11.7. The molecule has 2 N–H and O–H groups in total. The van der Waals surface area contributed by atoms with Gasteiger partial charge in [0.05, 0.1) is 12.2 Å². The first-order valence-corrected chi connectivity index (χ1v) is 7.46. The average molecular weight is 334 g/mol. The third-order valence-corrected chi connectivity index (χ3v) is 3.56. The Labute approximate surface area is 137 Å². The van der Waals surface area contributed by atoms with Gasteiger partial charge < -0.3 is 20.1 Å². The Bertz CT molecular complexity index is 752. The van der Waals surface area contributed by atoms with Gasteiger partial charge in [-0.1, -0.05) is 18.2 Å². The molecule has 0 bridgehead atoms. The average Bonchev–Trinajstić information content (AvgIpc) is 2.56. The molecule has 0 unspecified atom stereocenters. The lowest BCUT2D eigenvalue weighted by Crippen LogP contribution is -2.38. The van der Waals surface area contributed by atoms with Crippen LogP contribution in [-0.2, 0) is 0 Å². The van der Waals surface area contributed by atoms with E-state index in [1.54, 1.807) is 37.3 Å². The second kappa shape index (κ2) is 6.74. The van der Waals surface area contributed by atoms with Crippen LogP contribution in [0.3, 0.4) is 0 Å². The molecule has 126 valence electrons. The van der Waals surface area contributed by atoms with Crippen molar-refractivity contribution < 1.29 is 23.0 Å². The molecule has 0 fully saturated rings. The van der Waals surface area contributed by atoms with Crippen LogP contribution in [0.15, 0.2) is 42.5 Å². The van der Waals surface area contributed by atoms with Gasteiger partial charge in [-0.3, -0.25) is 4.79 Å². The number of carbonyl (C=O) groups excluding carboxylic acids is 1. The number of fused-ring (bicyclic) bond motifs is 1. The predicted octanol–water partition coefficient (Wildman–Crippen LogP) is 3.54. The summed E-state index contributed by atoms with van der Waals surface area (Å²) in [5, 5.41) is 6.02. The zero-order valence-electron chi connectivity index (χ0n) is 12.9. The van der Waals surface area contributed by atoms with Crippen LogP contribution in [0.5, 0.6) is 11.5 Å². The summed E-state index contributed by atoms with van der Waals surface area (Å²) in [6.45, 7) is -0.888. The first kappa shape index (κ1) is 16.0. The van der Waals surface area contributed by atoms with Crippen LogP contribution in [0.25, 0.3) is 0 Å². The van der Waals surface area contributed by atoms with Crippen molar-refractivity contribution in [2.45, 2.75) is 19.7 Å². The van der Waals surface area contributed by atoms with Crippen LogP contribution < -0.4 is 20.1 Å². The maximum Gasteiger partial charge on any atom is 0.387 e.